The third kappa shape index (κ3) is 3.74. The van der Waals surface area contributed by atoms with Crippen molar-refractivity contribution in [3.63, 3.8) is 0 Å². The largest absolute Gasteiger partial charge is 0.471 e. The zero-order chi connectivity index (χ0) is 13.1. The van der Waals surface area contributed by atoms with E-state index in [1.165, 1.54) is 12.1 Å². The Morgan fingerprint density at radius 3 is 2.24 bits per heavy atom. The van der Waals surface area contributed by atoms with Gasteiger partial charge in [-0.1, -0.05) is 12.1 Å². The molecule has 0 radical (unpaired) electrons. The lowest BCUT2D eigenvalue weighted by molar-refractivity contribution is -0.172. The van der Waals surface area contributed by atoms with Crippen molar-refractivity contribution in [3.8, 4) is 0 Å². The van der Waals surface area contributed by atoms with E-state index in [1.54, 1.807) is 5.32 Å². The lowest BCUT2D eigenvalue weighted by Gasteiger charge is -2.08. The fraction of sp³-hybridized carbons (Fsp3) is 0.111. The highest BCUT2D eigenvalue weighted by Gasteiger charge is 2.39. The molecule has 1 aromatic rings. The zero-order valence-corrected chi connectivity index (χ0v) is 8.14. The number of anilines is 1. The summed E-state index contributed by atoms with van der Waals surface area (Å²) in [6.07, 6.45) is -5.17. The standard InChI is InChI=1S/C9H6F4N2O2/c10-5-3-1-2-4-6(5)14-8(17)15-7(16)9(11,12)13/h1-4H,(H2,14,15,16,17). The average Bonchev–Trinajstić information content (AvgIpc) is 2.20. The maximum atomic E-state index is 13.0. The van der Waals surface area contributed by atoms with Crippen LogP contribution in [0.4, 0.5) is 28.0 Å². The Bertz CT molecular complexity index is 445. The van der Waals surface area contributed by atoms with Gasteiger partial charge in [-0.15, -0.1) is 0 Å². The molecule has 0 unspecified atom stereocenters. The summed E-state index contributed by atoms with van der Waals surface area (Å²) >= 11 is 0. The molecule has 0 saturated heterocycles. The van der Waals surface area contributed by atoms with Crippen molar-refractivity contribution in [1.82, 2.24) is 5.32 Å². The van der Waals surface area contributed by atoms with E-state index in [1.807, 2.05) is 0 Å². The third-order valence-corrected chi connectivity index (χ3v) is 1.61. The fourth-order valence-corrected chi connectivity index (χ4v) is 0.890. The van der Waals surface area contributed by atoms with Crippen molar-refractivity contribution in [2.45, 2.75) is 6.18 Å². The van der Waals surface area contributed by atoms with Gasteiger partial charge >= 0.3 is 18.1 Å². The number of benzene rings is 1. The molecular weight excluding hydrogens is 244 g/mol. The topological polar surface area (TPSA) is 58.2 Å². The lowest BCUT2D eigenvalue weighted by Crippen LogP contribution is -2.42. The van der Waals surface area contributed by atoms with Crippen LogP contribution >= 0.6 is 0 Å². The highest BCUT2D eigenvalue weighted by Crippen LogP contribution is 2.15. The van der Waals surface area contributed by atoms with Crippen molar-refractivity contribution in [1.29, 1.82) is 0 Å². The van der Waals surface area contributed by atoms with Gasteiger partial charge in [0.2, 0.25) is 0 Å². The normalized spacial score (nSPS) is 10.8. The minimum absolute atomic E-state index is 0.333. The van der Waals surface area contributed by atoms with Crippen LogP contribution in [0.5, 0.6) is 0 Å². The minimum atomic E-state index is -5.17. The summed E-state index contributed by atoms with van der Waals surface area (Å²) in [6, 6.07) is 3.37. The van der Waals surface area contributed by atoms with Crippen LogP contribution < -0.4 is 10.6 Å². The van der Waals surface area contributed by atoms with E-state index in [4.69, 9.17) is 0 Å². The number of halogens is 4. The summed E-state index contributed by atoms with van der Waals surface area (Å²) in [5.41, 5.74) is -0.333. The first-order valence-electron chi connectivity index (χ1n) is 4.24. The summed E-state index contributed by atoms with van der Waals surface area (Å²) in [6.45, 7) is 0. The van der Waals surface area contributed by atoms with Crippen molar-refractivity contribution >= 4 is 17.6 Å². The molecule has 0 aromatic heterocycles. The Hall–Kier alpha value is -2.12. The second kappa shape index (κ2) is 4.81. The van der Waals surface area contributed by atoms with Crippen LogP contribution in [0.1, 0.15) is 0 Å². The van der Waals surface area contributed by atoms with E-state index in [2.05, 4.69) is 0 Å². The number of alkyl halides is 3. The molecule has 1 rings (SSSR count). The predicted molar refractivity (Wildman–Crippen MR) is 49.6 cm³/mol. The first-order chi connectivity index (χ1) is 7.80. The number of carbonyl (C=O) groups excluding carboxylic acids is 2. The Morgan fingerprint density at radius 1 is 1.12 bits per heavy atom. The highest BCUT2D eigenvalue weighted by molar-refractivity contribution is 6.02. The third-order valence-electron chi connectivity index (χ3n) is 1.61. The van der Waals surface area contributed by atoms with Gasteiger partial charge in [-0.25, -0.2) is 9.18 Å². The molecule has 92 valence electrons. The van der Waals surface area contributed by atoms with E-state index in [-0.39, 0.29) is 5.69 Å². The summed E-state index contributed by atoms with van der Waals surface area (Å²) in [7, 11) is 0. The molecule has 0 heterocycles. The average molecular weight is 250 g/mol. The van der Waals surface area contributed by atoms with Crippen LogP contribution in [0.3, 0.4) is 0 Å². The van der Waals surface area contributed by atoms with Crippen LogP contribution in [-0.2, 0) is 4.79 Å². The molecule has 4 nitrogen and oxygen atoms in total. The number of hydrogen-bond acceptors (Lipinski definition) is 2. The SMILES string of the molecule is O=C(NC(=O)C(F)(F)F)Nc1ccccc1F. The number of imide groups is 1. The number of amides is 3. The van der Waals surface area contributed by atoms with Gasteiger partial charge < -0.3 is 5.32 Å². The van der Waals surface area contributed by atoms with Crippen molar-refractivity contribution < 1.29 is 27.2 Å². The van der Waals surface area contributed by atoms with Crippen LogP contribution in [0, 0.1) is 5.82 Å². The van der Waals surface area contributed by atoms with Crippen LogP contribution in [0.25, 0.3) is 0 Å². The molecule has 0 aliphatic heterocycles. The summed E-state index contributed by atoms with van der Waals surface area (Å²) in [5.74, 6) is -3.26. The van der Waals surface area contributed by atoms with Crippen molar-refractivity contribution in [2.24, 2.45) is 0 Å². The van der Waals surface area contributed by atoms with Crippen molar-refractivity contribution in [3.05, 3.63) is 30.1 Å². The number of nitrogens with one attached hydrogen (secondary N) is 2. The fourth-order valence-electron chi connectivity index (χ4n) is 0.890. The monoisotopic (exact) mass is 250 g/mol. The first kappa shape index (κ1) is 12.9. The van der Waals surface area contributed by atoms with Gasteiger partial charge in [-0.3, -0.25) is 10.1 Å². The maximum Gasteiger partial charge on any atom is 0.471 e. The summed E-state index contributed by atoms with van der Waals surface area (Å²) in [4.78, 5) is 21.3. The first-order valence-corrected chi connectivity index (χ1v) is 4.24. The maximum absolute atomic E-state index is 13.0. The Morgan fingerprint density at radius 2 is 1.71 bits per heavy atom. The molecule has 0 bridgehead atoms. The lowest BCUT2D eigenvalue weighted by atomic mass is 10.3. The quantitative estimate of drug-likeness (QED) is 0.749. The van der Waals surface area contributed by atoms with Crippen LogP contribution in [0.2, 0.25) is 0 Å². The van der Waals surface area contributed by atoms with Gasteiger partial charge in [0, 0.05) is 0 Å². The van der Waals surface area contributed by atoms with Gasteiger partial charge in [-0.05, 0) is 12.1 Å². The Labute approximate surface area is 92.6 Å². The molecule has 2 N–H and O–H groups in total. The summed E-state index contributed by atoms with van der Waals surface area (Å²) in [5, 5.41) is 2.78. The highest BCUT2D eigenvalue weighted by atomic mass is 19.4. The van der Waals surface area contributed by atoms with E-state index >= 15 is 0 Å². The van der Waals surface area contributed by atoms with Gasteiger partial charge in [0.25, 0.3) is 0 Å². The molecule has 0 aliphatic rings. The molecule has 1 aromatic carbocycles. The van der Waals surface area contributed by atoms with Gasteiger partial charge in [-0.2, -0.15) is 13.2 Å². The second-order valence-corrected chi connectivity index (χ2v) is 2.89. The van der Waals surface area contributed by atoms with E-state index < -0.39 is 23.9 Å². The molecule has 0 saturated carbocycles. The molecule has 0 aliphatic carbocycles. The van der Waals surface area contributed by atoms with Gasteiger partial charge in [0.1, 0.15) is 5.82 Å². The van der Waals surface area contributed by atoms with E-state index in [9.17, 15) is 27.2 Å². The number of hydrogen-bond donors (Lipinski definition) is 2. The van der Waals surface area contributed by atoms with Gasteiger partial charge in [0.15, 0.2) is 0 Å². The number of carbonyl (C=O) groups is 2. The van der Waals surface area contributed by atoms with Gasteiger partial charge in [0.05, 0.1) is 5.69 Å². The van der Waals surface area contributed by atoms with Crippen LogP contribution in [-0.4, -0.2) is 18.1 Å². The van der Waals surface area contributed by atoms with E-state index in [0.717, 1.165) is 17.4 Å². The molecule has 0 fully saturated rings. The Balaban J connectivity index is 2.63. The van der Waals surface area contributed by atoms with E-state index in [0.29, 0.717) is 0 Å². The smallest absolute Gasteiger partial charge is 0.305 e. The molecule has 17 heavy (non-hydrogen) atoms. The van der Waals surface area contributed by atoms with Crippen molar-refractivity contribution in [2.75, 3.05) is 5.32 Å². The summed E-state index contributed by atoms with van der Waals surface area (Å²) < 4.78 is 48.3. The zero-order valence-electron chi connectivity index (χ0n) is 8.14. The molecule has 0 atom stereocenters. The Kier molecular flexibility index (Phi) is 3.66. The molecule has 8 heteroatoms. The van der Waals surface area contributed by atoms with Crippen LogP contribution in [0.15, 0.2) is 24.3 Å². The molecular formula is C9H6F4N2O2. The predicted octanol–water partition coefficient (Wildman–Crippen LogP) is 2.04. The number of para-hydroxylation sites is 1. The number of urea groups is 1. The second-order valence-electron chi connectivity index (χ2n) is 2.89. The molecule has 0 spiro atoms. The molecule has 3 amide bonds. The minimum Gasteiger partial charge on any atom is -0.305 e. The number of rotatable bonds is 1.